The summed E-state index contributed by atoms with van der Waals surface area (Å²) in [5.41, 5.74) is 1.74. The van der Waals surface area contributed by atoms with Gasteiger partial charge in [-0.05, 0) is 37.3 Å². The molecule has 118 valence electrons. The van der Waals surface area contributed by atoms with Crippen LogP contribution >= 0.6 is 11.6 Å². The zero-order valence-corrected chi connectivity index (χ0v) is 13.5. The number of methoxy groups -OCH3 is 1. The maximum Gasteiger partial charge on any atom is 0.247 e. The number of hydrogen-bond acceptors (Lipinski definition) is 5. The van der Waals surface area contributed by atoms with Crippen LogP contribution in [0.1, 0.15) is 18.9 Å². The van der Waals surface area contributed by atoms with Crippen molar-refractivity contribution in [2.75, 3.05) is 12.4 Å². The molecule has 0 spiro atoms. The molecule has 2 aromatic carbocycles. The largest absolute Gasteiger partial charge is 0.495 e. The first kappa shape index (κ1) is 15.4. The van der Waals surface area contributed by atoms with E-state index in [2.05, 4.69) is 15.5 Å². The van der Waals surface area contributed by atoms with E-state index in [0.29, 0.717) is 22.6 Å². The van der Waals surface area contributed by atoms with Crippen LogP contribution in [0.3, 0.4) is 0 Å². The highest BCUT2D eigenvalue weighted by Crippen LogP contribution is 2.29. The lowest BCUT2D eigenvalue weighted by molar-refractivity contribution is 0.415. The molecule has 0 radical (unpaired) electrons. The van der Waals surface area contributed by atoms with Crippen molar-refractivity contribution in [3.63, 3.8) is 0 Å². The third-order valence-electron chi connectivity index (χ3n) is 3.37. The minimum absolute atomic E-state index is 0.149. The van der Waals surface area contributed by atoms with Crippen molar-refractivity contribution in [1.82, 2.24) is 10.2 Å². The number of halogens is 1. The zero-order chi connectivity index (χ0) is 16.2. The second-order valence-electron chi connectivity index (χ2n) is 5.03. The molecule has 0 saturated carbocycles. The number of nitrogens with one attached hydrogen (secondary N) is 1. The summed E-state index contributed by atoms with van der Waals surface area (Å²) in [6.07, 6.45) is 0. The van der Waals surface area contributed by atoms with Crippen LogP contribution in [0.5, 0.6) is 5.75 Å². The van der Waals surface area contributed by atoms with Gasteiger partial charge < -0.3 is 14.5 Å². The molecule has 0 bridgehead atoms. The highest BCUT2D eigenvalue weighted by molar-refractivity contribution is 6.32. The summed E-state index contributed by atoms with van der Waals surface area (Å²) in [7, 11) is 1.58. The molecule has 0 fully saturated rings. The van der Waals surface area contributed by atoms with Crippen molar-refractivity contribution in [2.24, 2.45) is 0 Å². The fraction of sp³-hybridized carbons (Fsp3) is 0.176. The number of aromatic nitrogens is 2. The van der Waals surface area contributed by atoms with Crippen LogP contribution in [0.25, 0.3) is 11.5 Å². The minimum atomic E-state index is -0.149. The molecule has 0 amide bonds. The molecule has 23 heavy (non-hydrogen) atoms. The summed E-state index contributed by atoms with van der Waals surface area (Å²) >= 11 is 6.13. The van der Waals surface area contributed by atoms with E-state index < -0.39 is 0 Å². The Bertz CT molecular complexity index is 790. The van der Waals surface area contributed by atoms with E-state index in [1.54, 1.807) is 19.2 Å². The maximum absolute atomic E-state index is 6.13. The SMILES string of the molecule is COc1ccc(N[C@@H](C)c2nnc(-c3ccccc3)o2)cc1Cl. The molecule has 0 saturated heterocycles. The molecule has 1 aromatic heterocycles. The Morgan fingerprint density at radius 3 is 2.61 bits per heavy atom. The van der Waals surface area contributed by atoms with Gasteiger partial charge in [0.15, 0.2) is 0 Å². The van der Waals surface area contributed by atoms with Gasteiger partial charge in [0.05, 0.1) is 12.1 Å². The van der Waals surface area contributed by atoms with Gasteiger partial charge in [-0.3, -0.25) is 0 Å². The van der Waals surface area contributed by atoms with Gasteiger partial charge in [-0.15, -0.1) is 10.2 Å². The third kappa shape index (κ3) is 3.46. The minimum Gasteiger partial charge on any atom is -0.495 e. The number of nitrogens with zero attached hydrogens (tertiary/aromatic N) is 2. The molecular weight excluding hydrogens is 314 g/mol. The van der Waals surface area contributed by atoms with Crippen LogP contribution in [0.2, 0.25) is 5.02 Å². The summed E-state index contributed by atoms with van der Waals surface area (Å²) in [4.78, 5) is 0. The lowest BCUT2D eigenvalue weighted by Crippen LogP contribution is -2.07. The molecule has 0 aliphatic heterocycles. The standard InChI is InChI=1S/C17H16ClN3O2/c1-11(19-13-8-9-15(22-2)14(18)10-13)16-20-21-17(23-16)12-6-4-3-5-7-12/h3-11,19H,1-2H3/t11-/m0/s1. The first-order valence-corrected chi connectivity index (χ1v) is 7.54. The Morgan fingerprint density at radius 1 is 1.13 bits per heavy atom. The maximum atomic E-state index is 6.13. The third-order valence-corrected chi connectivity index (χ3v) is 3.66. The van der Waals surface area contributed by atoms with Gasteiger partial charge in [-0.1, -0.05) is 29.8 Å². The number of ether oxygens (including phenoxy) is 1. The number of rotatable bonds is 5. The van der Waals surface area contributed by atoms with Gasteiger partial charge >= 0.3 is 0 Å². The lowest BCUT2D eigenvalue weighted by atomic mass is 10.2. The van der Waals surface area contributed by atoms with Crippen LogP contribution in [0, 0.1) is 0 Å². The lowest BCUT2D eigenvalue weighted by Gasteiger charge is -2.12. The summed E-state index contributed by atoms with van der Waals surface area (Å²) < 4.78 is 10.9. The van der Waals surface area contributed by atoms with Gasteiger partial charge in [0, 0.05) is 11.3 Å². The molecule has 0 aliphatic carbocycles. The molecule has 5 nitrogen and oxygen atoms in total. The van der Waals surface area contributed by atoms with Crippen LogP contribution in [0.4, 0.5) is 5.69 Å². The van der Waals surface area contributed by atoms with Crippen molar-refractivity contribution in [1.29, 1.82) is 0 Å². The number of benzene rings is 2. The van der Waals surface area contributed by atoms with E-state index in [0.717, 1.165) is 11.3 Å². The van der Waals surface area contributed by atoms with Gasteiger partial charge in [-0.25, -0.2) is 0 Å². The molecule has 1 atom stereocenters. The predicted octanol–water partition coefficient (Wildman–Crippen LogP) is 4.57. The monoisotopic (exact) mass is 329 g/mol. The van der Waals surface area contributed by atoms with Crippen molar-refractivity contribution in [3.8, 4) is 17.2 Å². The second-order valence-corrected chi connectivity index (χ2v) is 5.43. The van der Waals surface area contributed by atoms with Crippen LogP contribution in [-0.4, -0.2) is 17.3 Å². The number of hydrogen-bond donors (Lipinski definition) is 1. The zero-order valence-electron chi connectivity index (χ0n) is 12.8. The molecular formula is C17H16ClN3O2. The van der Waals surface area contributed by atoms with E-state index >= 15 is 0 Å². The molecule has 3 rings (SSSR count). The molecule has 3 aromatic rings. The van der Waals surface area contributed by atoms with E-state index in [1.165, 1.54) is 0 Å². The van der Waals surface area contributed by atoms with Crippen molar-refractivity contribution in [3.05, 3.63) is 59.4 Å². The van der Waals surface area contributed by atoms with Gasteiger partial charge in [0.25, 0.3) is 0 Å². The Labute approximate surface area is 139 Å². The average Bonchev–Trinajstić information content (AvgIpc) is 3.06. The van der Waals surface area contributed by atoms with E-state index in [4.69, 9.17) is 20.8 Å². The second kappa shape index (κ2) is 6.71. The Hall–Kier alpha value is -2.53. The summed E-state index contributed by atoms with van der Waals surface area (Å²) in [5.74, 6) is 1.65. The molecule has 0 aliphatic rings. The van der Waals surface area contributed by atoms with E-state index in [1.807, 2.05) is 43.3 Å². The van der Waals surface area contributed by atoms with E-state index in [9.17, 15) is 0 Å². The molecule has 6 heteroatoms. The Kier molecular flexibility index (Phi) is 4.48. The molecule has 1 N–H and O–H groups in total. The summed E-state index contributed by atoms with van der Waals surface area (Å²) in [6.45, 7) is 1.94. The molecule has 0 unspecified atom stereocenters. The topological polar surface area (TPSA) is 60.2 Å². The highest BCUT2D eigenvalue weighted by Gasteiger charge is 2.15. The molecule has 1 heterocycles. The van der Waals surface area contributed by atoms with Gasteiger partial charge in [-0.2, -0.15) is 0 Å². The van der Waals surface area contributed by atoms with Crippen LogP contribution in [-0.2, 0) is 0 Å². The average molecular weight is 330 g/mol. The van der Waals surface area contributed by atoms with E-state index in [-0.39, 0.29) is 6.04 Å². The van der Waals surface area contributed by atoms with Gasteiger partial charge in [0.2, 0.25) is 11.8 Å². The first-order chi connectivity index (χ1) is 11.2. The summed E-state index contributed by atoms with van der Waals surface area (Å²) in [5, 5.41) is 12.0. The van der Waals surface area contributed by atoms with Crippen molar-refractivity contribution < 1.29 is 9.15 Å². The Morgan fingerprint density at radius 2 is 1.91 bits per heavy atom. The Balaban J connectivity index is 1.75. The fourth-order valence-corrected chi connectivity index (χ4v) is 2.43. The van der Waals surface area contributed by atoms with Crippen molar-refractivity contribution in [2.45, 2.75) is 13.0 Å². The smallest absolute Gasteiger partial charge is 0.247 e. The first-order valence-electron chi connectivity index (χ1n) is 7.16. The predicted molar refractivity (Wildman–Crippen MR) is 89.8 cm³/mol. The normalized spacial score (nSPS) is 12.0. The van der Waals surface area contributed by atoms with Crippen molar-refractivity contribution >= 4 is 17.3 Å². The van der Waals surface area contributed by atoms with Crippen LogP contribution < -0.4 is 10.1 Å². The van der Waals surface area contributed by atoms with Gasteiger partial charge in [0.1, 0.15) is 11.8 Å². The fourth-order valence-electron chi connectivity index (χ4n) is 2.17. The number of anilines is 1. The quantitative estimate of drug-likeness (QED) is 0.742. The summed E-state index contributed by atoms with van der Waals surface area (Å²) in [6, 6.07) is 15.0. The van der Waals surface area contributed by atoms with Crippen LogP contribution in [0.15, 0.2) is 52.9 Å². The highest BCUT2D eigenvalue weighted by atomic mass is 35.5.